The van der Waals surface area contributed by atoms with E-state index in [9.17, 15) is 14.4 Å². The van der Waals surface area contributed by atoms with Crippen LogP contribution in [0.25, 0.3) is 0 Å². The van der Waals surface area contributed by atoms with Crippen molar-refractivity contribution in [2.75, 3.05) is 14.2 Å². The molecular weight excluding hydrogens is 276 g/mol. The number of ether oxygens (including phenoxy) is 1. The van der Waals surface area contributed by atoms with Crippen LogP contribution in [0.3, 0.4) is 0 Å². The van der Waals surface area contributed by atoms with Gasteiger partial charge in [-0.25, -0.2) is 9.59 Å². The number of carbonyl (C=O) groups excluding carboxylic acids is 2. The fourth-order valence-electron chi connectivity index (χ4n) is 1.63. The number of amides is 2. The Labute approximate surface area is 125 Å². The Morgan fingerprint density at radius 2 is 1.81 bits per heavy atom. The number of carboxylic acid groups (broad SMARTS) is 1. The molecule has 0 aliphatic heterocycles. The van der Waals surface area contributed by atoms with Crippen LogP contribution >= 0.6 is 0 Å². The van der Waals surface area contributed by atoms with Crippen LogP contribution in [0.1, 0.15) is 40.5 Å². The van der Waals surface area contributed by atoms with E-state index in [1.807, 2.05) is 27.7 Å². The summed E-state index contributed by atoms with van der Waals surface area (Å²) in [7, 11) is 2.85. The zero-order chi connectivity index (χ0) is 16.8. The van der Waals surface area contributed by atoms with E-state index in [1.165, 1.54) is 12.0 Å². The molecule has 2 atom stereocenters. The molecule has 1 unspecified atom stereocenters. The number of carboxylic acids is 1. The Hall–Kier alpha value is -1.79. The van der Waals surface area contributed by atoms with Crippen molar-refractivity contribution < 1.29 is 24.2 Å². The first-order chi connectivity index (χ1) is 9.50. The van der Waals surface area contributed by atoms with Crippen molar-refractivity contribution in [1.82, 2.24) is 10.2 Å². The van der Waals surface area contributed by atoms with E-state index in [2.05, 4.69) is 10.1 Å². The van der Waals surface area contributed by atoms with Crippen LogP contribution in [0.15, 0.2) is 0 Å². The Morgan fingerprint density at radius 3 is 2.19 bits per heavy atom. The monoisotopic (exact) mass is 302 g/mol. The van der Waals surface area contributed by atoms with Gasteiger partial charge in [-0.3, -0.25) is 4.79 Å². The topological polar surface area (TPSA) is 95.9 Å². The lowest BCUT2D eigenvalue weighted by molar-refractivity contribution is -0.142. The van der Waals surface area contributed by atoms with Gasteiger partial charge in [-0.15, -0.1) is 0 Å². The molecule has 0 saturated heterocycles. The molecule has 0 bridgehead atoms. The molecule has 7 nitrogen and oxygen atoms in total. The number of nitrogens with one attached hydrogen (secondary N) is 1. The molecule has 122 valence electrons. The second-order valence-electron chi connectivity index (χ2n) is 6.11. The van der Waals surface area contributed by atoms with Crippen LogP contribution in [0.2, 0.25) is 0 Å². The van der Waals surface area contributed by atoms with Crippen LogP contribution in [0.5, 0.6) is 0 Å². The van der Waals surface area contributed by atoms with Crippen molar-refractivity contribution in [3.8, 4) is 0 Å². The molecule has 0 heterocycles. The van der Waals surface area contributed by atoms with Gasteiger partial charge in [-0.2, -0.15) is 0 Å². The maximum absolute atomic E-state index is 12.1. The molecule has 0 aliphatic rings. The Morgan fingerprint density at radius 1 is 1.29 bits per heavy atom. The number of methoxy groups -OCH3 is 1. The predicted molar refractivity (Wildman–Crippen MR) is 77.9 cm³/mol. The lowest BCUT2D eigenvalue weighted by atomic mass is 9.87. The summed E-state index contributed by atoms with van der Waals surface area (Å²) >= 11 is 0. The molecule has 0 aromatic rings. The summed E-state index contributed by atoms with van der Waals surface area (Å²) in [6.07, 6.45) is -0.0717. The smallest absolute Gasteiger partial charge is 0.326 e. The molecule has 0 spiro atoms. The minimum atomic E-state index is -1.18. The summed E-state index contributed by atoms with van der Waals surface area (Å²) < 4.78 is 4.46. The van der Waals surface area contributed by atoms with E-state index in [0.717, 1.165) is 0 Å². The highest BCUT2D eigenvalue weighted by Crippen LogP contribution is 2.23. The first-order valence-electron chi connectivity index (χ1n) is 6.83. The fraction of sp³-hybridized carbons (Fsp3) is 0.786. The average Bonchev–Trinajstić information content (AvgIpc) is 2.39. The lowest BCUT2D eigenvalue weighted by Crippen LogP contribution is -2.52. The molecule has 0 rings (SSSR count). The molecular formula is C14H26N2O5. The number of nitrogens with zero attached hydrogens (tertiary/aromatic N) is 1. The molecule has 21 heavy (non-hydrogen) atoms. The molecule has 0 fully saturated rings. The second kappa shape index (κ2) is 7.85. The quantitative estimate of drug-likeness (QED) is 0.724. The van der Waals surface area contributed by atoms with Gasteiger partial charge < -0.3 is 20.1 Å². The predicted octanol–water partition coefficient (Wildman–Crippen LogP) is 1.47. The van der Waals surface area contributed by atoms with Gasteiger partial charge in [0.2, 0.25) is 0 Å². The van der Waals surface area contributed by atoms with E-state index in [4.69, 9.17) is 5.11 Å². The molecule has 0 aliphatic carbocycles. The molecule has 0 aromatic heterocycles. The summed E-state index contributed by atoms with van der Waals surface area (Å²) in [5, 5.41) is 11.5. The lowest BCUT2D eigenvalue weighted by Gasteiger charge is -2.35. The maximum Gasteiger partial charge on any atom is 0.326 e. The minimum Gasteiger partial charge on any atom is -0.480 e. The fourth-order valence-corrected chi connectivity index (χ4v) is 1.63. The van der Waals surface area contributed by atoms with E-state index in [-0.39, 0.29) is 24.3 Å². The van der Waals surface area contributed by atoms with Gasteiger partial charge in [0.05, 0.1) is 7.11 Å². The Balaban J connectivity index is 4.68. The van der Waals surface area contributed by atoms with Crippen molar-refractivity contribution >= 4 is 18.0 Å². The van der Waals surface area contributed by atoms with E-state index >= 15 is 0 Å². The van der Waals surface area contributed by atoms with Gasteiger partial charge in [0.1, 0.15) is 6.04 Å². The Kier molecular flexibility index (Phi) is 7.18. The van der Waals surface area contributed by atoms with Crippen LogP contribution in [0, 0.1) is 5.41 Å². The highest BCUT2D eigenvalue weighted by molar-refractivity contribution is 5.83. The zero-order valence-corrected chi connectivity index (χ0v) is 13.6. The van der Waals surface area contributed by atoms with Gasteiger partial charge in [-0.05, 0) is 18.8 Å². The van der Waals surface area contributed by atoms with Crippen LogP contribution in [-0.2, 0) is 14.3 Å². The third-order valence-corrected chi connectivity index (χ3v) is 3.62. The molecule has 0 aromatic carbocycles. The maximum atomic E-state index is 12.1. The second-order valence-corrected chi connectivity index (χ2v) is 6.11. The number of urea groups is 1. The summed E-state index contributed by atoms with van der Waals surface area (Å²) in [6, 6.07) is -1.67. The van der Waals surface area contributed by atoms with E-state index in [0.29, 0.717) is 0 Å². The van der Waals surface area contributed by atoms with Crippen molar-refractivity contribution in [2.45, 2.75) is 52.6 Å². The average molecular weight is 302 g/mol. The van der Waals surface area contributed by atoms with Gasteiger partial charge in [-0.1, -0.05) is 20.8 Å². The largest absolute Gasteiger partial charge is 0.480 e. The third-order valence-electron chi connectivity index (χ3n) is 3.62. The Bertz CT molecular complexity index is 389. The van der Waals surface area contributed by atoms with Crippen LogP contribution < -0.4 is 5.32 Å². The van der Waals surface area contributed by atoms with Gasteiger partial charge >= 0.3 is 18.0 Å². The van der Waals surface area contributed by atoms with Crippen molar-refractivity contribution in [3.63, 3.8) is 0 Å². The molecule has 2 amide bonds. The number of esters is 1. The SMILES string of the molecule is COC(=O)CC[C@H](NC(=O)N(C)C(C)C(C)(C)C)C(=O)O. The summed E-state index contributed by atoms with van der Waals surface area (Å²) in [4.78, 5) is 35.8. The number of rotatable bonds is 6. The van der Waals surface area contributed by atoms with Gasteiger partial charge in [0.15, 0.2) is 0 Å². The molecule has 2 N–H and O–H groups in total. The zero-order valence-electron chi connectivity index (χ0n) is 13.6. The summed E-state index contributed by atoms with van der Waals surface area (Å²) in [5.41, 5.74) is -0.128. The third kappa shape index (κ3) is 6.46. The molecule has 7 heteroatoms. The first-order valence-corrected chi connectivity index (χ1v) is 6.83. The first kappa shape index (κ1) is 19.2. The van der Waals surface area contributed by atoms with E-state index < -0.39 is 24.0 Å². The van der Waals surface area contributed by atoms with Crippen molar-refractivity contribution in [3.05, 3.63) is 0 Å². The summed E-state index contributed by atoms with van der Waals surface area (Å²) in [6.45, 7) is 7.87. The van der Waals surface area contributed by atoms with Gasteiger partial charge in [0, 0.05) is 19.5 Å². The normalized spacial score (nSPS) is 14.0. The molecule has 0 saturated carbocycles. The van der Waals surface area contributed by atoms with E-state index in [1.54, 1.807) is 7.05 Å². The van der Waals surface area contributed by atoms with Crippen molar-refractivity contribution in [2.24, 2.45) is 5.41 Å². The number of aliphatic carboxylic acids is 1. The van der Waals surface area contributed by atoms with Crippen LogP contribution in [-0.4, -0.2) is 54.2 Å². The number of hydrogen-bond acceptors (Lipinski definition) is 4. The number of carbonyl (C=O) groups is 3. The van der Waals surface area contributed by atoms with Crippen LogP contribution in [0.4, 0.5) is 4.79 Å². The van der Waals surface area contributed by atoms with Crippen molar-refractivity contribution in [1.29, 1.82) is 0 Å². The minimum absolute atomic E-state index is 0.00845. The van der Waals surface area contributed by atoms with Gasteiger partial charge in [0.25, 0.3) is 0 Å². The number of hydrogen-bond donors (Lipinski definition) is 2. The molecule has 0 radical (unpaired) electrons. The highest BCUT2D eigenvalue weighted by Gasteiger charge is 2.29. The standard InChI is InChI=1S/C14H26N2O5/c1-9(14(2,3)4)16(5)13(20)15-10(12(18)19)7-8-11(17)21-6/h9-10H,7-8H2,1-6H3,(H,15,20)(H,18,19)/t9?,10-/m0/s1. The summed E-state index contributed by atoms with van der Waals surface area (Å²) in [5.74, 6) is -1.68. The highest BCUT2D eigenvalue weighted by atomic mass is 16.5.